The first-order valence-electron chi connectivity index (χ1n) is 4.95. The van der Waals surface area contributed by atoms with Crippen LogP contribution in [0.4, 0.5) is 0 Å². The van der Waals surface area contributed by atoms with E-state index in [1.54, 1.807) is 11.5 Å². The van der Waals surface area contributed by atoms with Gasteiger partial charge in [-0.1, -0.05) is 6.07 Å². The van der Waals surface area contributed by atoms with E-state index in [9.17, 15) is 9.90 Å². The molecule has 2 aromatic rings. The molecule has 2 rings (SSSR count). The van der Waals surface area contributed by atoms with Crippen molar-refractivity contribution in [2.75, 3.05) is 0 Å². The summed E-state index contributed by atoms with van der Waals surface area (Å²) in [7, 11) is 0. The molecular formula is C11H14N2O2. The van der Waals surface area contributed by atoms with Crippen LogP contribution < -0.4 is 5.69 Å². The topological polar surface area (TPSA) is 58.0 Å². The molecule has 0 saturated carbocycles. The van der Waals surface area contributed by atoms with Crippen LogP contribution in [0, 0.1) is 6.92 Å². The van der Waals surface area contributed by atoms with Crippen LogP contribution in [-0.2, 0) is 6.54 Å². The number of nitrogens with one attached hydrogen (secondary N) is 1. The molecule has 4 heteroatoms. The van der Waals surface area contributed by atoms with Crippen LogP contribution >= 0.6 is 0 Å². The number of aromatic nitrogens is 2. The Labute approximate surface area is 87.2 Å². The molecule has 0 radical (unpaired) electrons. The predicted molar refractivity (Wildman–Crippen MR) is 59.0 cm³/mol. The van der Waals surface area contributed by atoms with E-state index in [2.05, 4.69) is 4.98 Å². The minimum atomic E-state index is -0.525. The van der Waals surface area contributed by atoms with Crippen LogP contribution in [0.1, 0.15) is 12.5 Å². The van der Waals surface area contributed by atoms with Gasteiger partial charge in [0.25, 0.3) is 0 Å². The van der Waals surface area contributed by atoms with Crippen molar-refractivity contribution in [3.8, 4) is 0 Å². The highest BCUT2D eigenvalue weighted by Crippen LogP contribution is 2.12. The van der Waals surface area contributed by atoms with E-state index in [1.165, 1.54) is 0 Å². The third-order valence-electron chi connectivity index (χ3n) is 2.38. The molecule has 0 aliphatic heterocycles. The minimum Gasteiger partial charge on any atom is -0.392 e. The number of benzene rings is 1. The normalized spacial score (nSPS) is 13.3. The summed E-state index contributed by atoms with van der Waals surface area (Å²) in [5.74, 6) is 0. The molecule has 0 bridgehead atoms. The van der Waals surface area contributed by atoms with Gasteiger partial charge >= 0.3 is 5.69 Å². The molecule has 0 aliphatic carbocycles. The van der Waals surface area contributed by atoms with Gasteiger partial charge in [0.2, 0.25) is 0 Å². The Bertz CT molecular complexity index is 537. The minimum absolute atomic E-state index is 0.170. The monoisotopic (exact) mass is 206 g/mol. The Morgan fingerprint density at radius 1 is 1.53 bits per heavy atom. The molecule has 1 atom stereocenters. The smallest absolute Gasteiger partial charge is 0.326 e. The molecule has 80 valence electrons. The molecule has 15 heavy (non-hydrogen) atoms. The Balaban J connectivity index is 2.63. The Morgan fingerprint density at radius 3 is 2.93 bits per heavy atom. The van der Waals surface area contributed by atoms with Crippen molar-refractivity contribution >= 4 is 11.0 Å². The van der Waals surface area contributed by atoms with E-state index in [0.717, 1.165) is 16.6 Å². The maximum absolute atomic E-state index is 11.6. The summed E-state index contributed by atoms with van der Waals surface area (Å²) in [6.07, 6.45) is -0.525. The molecule has 0 spiro atoms. The molecular weight excluding hydrogens is 192 g/mol. The molecule has 1 aromatic carbocycles. The summed E-state index contributed by atoms with van der Waals surface area (Å²) < 4.78 is 1.56. The number of aliphatic hydroxyl groups is 1. The van der Waals surface area contributed by atoms with Gasteiger partial charge in [0.15, 0.2) is 0 Å². The summed E-state index contributed by atoms with van der Waals surface area (Å²) in [5, 5.41) is 9.29. The zero-order valence-corrected chi connectivity index (χ0v) is 8.82. The lowest BCUT2D eigenvalue weighted by Gasteiger charge is -2.05. The number of fused-ring (bicyclic) bond motifs is 1. The van der Waals surface area contributed by atoms with Gasteiger partial charge in [0.05, 0.1) is 23.7 Å². The van der Waals surface area contributed by atoms with Crippen molar-refractivity contribution in [1.82, 2.24) is 9.55 Å². The number of H-pyrrole nitrogens is 1. The first kappa shape index (κ1) is 9.98. The van der Waals surface area contributed by atoms with E-state index in [-0.39, 0.29) is 5.69 Å². The van der Waals surface area contributed by atoms with Gasteiger partial charge < -0.3 is 10.1 Å². The molecule has 0 aliphatic rings. The van der Waals surface area contributed by atoms with Crippen molar-refractivity contribution in [3.05, 3.63) is 34.2 Å². The molecule has 0 saturated heterocycles. The van der Waals surface area contributed by atoms with Gasteiger partial charge in [-0.05, 0) is 31.5 Å². The van der Waals surface area contributed by atoms with E-state index < -0.39 is 6.10 Å². The lowest BCUT2D eigenvalue weighted by molar-refractivity contribution is 0.174. The van der Waals surface area contributed by atoms with Gasteiger partial charge in [-0.15, -0.1) is 0 Å². The highest BCUT2D eigenvalue weighted by atomic mass is 16.3. The predicted octanol–water partition coefficient (Wildman–Crippen LogP) is 1.02. The summed E-state index contributed by atoms with van der Waals surface area (Å²) in [6.45, 7) is 3.96. The number of hydrogen-bond acceptors (Lipinski definition) is 2. The number of rotatable bonds is 2. The Hall–Kier alpha value is -1.55. The molecule has 1 heterocycles. The molecule has 1 unspecified atom stereocenters. The summed E-state index contributed by atoms with van der Waals surface area (Å²) in [6, 6.07) is 5.77. The van der Waals surface area contributed by atoms with Crippen molar-refractivity contribution in [1.29, 1.82) is 0 Å². The molecule has 0 amide bonds. The van der Waals surface area contributed by atoms with Gasteiger partial charge in [-0.2, -0.15) is 0 Å². The van der Waals surface area contributed by atoms with E-state index in [0.29, 0.717) is 6.54 Å². The van der Waals surface area contributed by atoms with Crippen LogP contribution in [0.3, 0.4) is 0 Å². The van der Waals surface area contributed by atoms with E-state index in [1.807, 2.05) is 25.1 Å². The van der Waals surface area contributed by atoms with Crippen molar-refractivity contribution in [2.24, 2.45) is 0 Å². The molecule has 0 fully saturated rings. The average Bonchev–Trinajstić information content (AvgIpc) is 2.41. The van der Waals surface area contributed by atoms with Gasteiger partial charge in [0.1, 0.15) is 0 Å². The lowest BCUT2D eigenvalue weighted by atomic mass is 10.2. The second-order valence-electron chi connectivity index (χ2n) is 3.91. The highest BCUT2D eigenvalue weighted by Gasteiger charge is 2.08. The quantitative estimate of drug-likeness (QED) is 0.770. The van der Waals surface area contributed by atoms with Gasteiger partial charge in [0, 0.05) is 0 Å². The third-order valence-corrected chi connectivity index (χ3v) is 2.38. The van der Waals surface area contributed by atoms with Crippen molar-refractivity contribution < 1.29 is 5.11 Å². The fraction of sp³-hybridized carbons (Fsp3) is 0.364. The van der Waals surface area contributed by atoms with Gasteiger partial charge in [-0.25, -0.2) is 4.79 Å². The fourth-order valence-corrected chi connectivity index (χ4v) is 1.72. The zero-order valence-electron chi connectivity index (χ0n) is 8.82. The Morgan fingerprint density at radius 2 is 2.27 bits per heavy atom. The maximum atomic E-state index is 11.6. The summed E-state index contributed by atoms with van der Waals surface area (Å²) in [5.41, 5.74) is 2.59. The fourth-order valence-electron chi connectivity index (χ4n) is 1.72. The van der Waals surface area contributed by atoms with E-state index in [4.69, 9.17) is 0 Å². The first-order valence-corrected chi connectivity index (χ1v) is 4.95. The second-order valence-corrected chi connectivity index (χ2v) is 3.91. The standard InChI is InChI=1S/C11H14N2O2/c1-7-3-4-10-9(5-7)12-11(15)13(10)6-8(2)14/h3-5,8,14H,6H2,1-2H3,(H,12,15). The average molecular weight is 206 g/mol. The Kier molecular flexibility index (Phi) is 2.36. The molecule has 1 aromatic heterocycles. The van der Waals surface area contributed by atoms with Crippen molar-refractivity contribution in [2.45, 2.75) is 26.5 Å². The number of aromatic amines is 1. The number of imidazole rings is 1. The van der Waals surface area contributed by atoms with Gasteiger partial charge in [-0.3, -0.25) is 4.57 Å². The molecule has 2 N–H and O–H groups in total. The molecule has 4 nitrogen and oxygen atoms in total. The number of nitrogens with zero attached hydrogens (tertiary/aromatic N) is 1. The first-order chi connectivity index (χ1) is 7.08. The van der Waals surface area contributed by atoms with Crippen LogP contribution in [-0.4, -0.2) is 20.8 Å². The lowest BCUT2D eigenvalue weighted by Crippen LogP contribution is -2.22. The van der Waals surface area contributed by atoms with Crippen LogP contribution in [0.2, 0.25) is 0 Å². The highest BCUT2D eigenvalue weighted by molar-refractivity contribution is 5.75. The van der Waals surface area contributed by atoms with Crippen LogP contribution in [0.25, 0.3) is 11.0 Å². The zero-order chi connectivity index (χ0) is 11.0. The maximum Gasteiger partial charge on any atom is 0.326 e. The number of hydrogen-bond donors (Lipinski definition) is 2. The number of aryl methyl sites for hydroxylation is 1. The summed E-state index contributed by atoms with van der Waals surface area (Å²) in [4.78, 5) is 14.4. The van der Waals surface area contributed by atoms with E-state index >= 15 is 0 Å². The number of aliphatic hydroxyl groups excluding tert-OH is 1. The summed E-state index contributed by atoms with van der Waals surface area (Å²) >= 11 is 0. The SMILES string of the molecule is Cc1ccc2c(c1)[nH]c(=O)n2CC(C)O. The van der Waals surface area contributed by atoms with Crippen molar-refractivity contribution in [3.63, 3.8) is 0 Å². The second kappa shape index (κ2) is 3.55. The largest absolute Gasteiger partial charge is 0.392 e. The van der Waals surface area contributed by atoms with Crippen LogP contribution in [0.5, 0.6) is 0 Å². The third kappa shape index (κ3) is 1.80. The van der Waals surface area contributed by atoms with Crippen LogP contribution in [0.15, 0.2) is 23.0 Å².